The second-order valence-electron chi connectivity index (χ2n) is 27.2. The third-order valence-electron chi connectivity index (χ3n) is 18.2. The molecule has 0 bridgehead atoms. The third kappa shape index (κ3) is 22.6. The predicted molar refractivity (Wildman–Crippen MR) is 448 cm³/mol. The molecule has 0 N–H and O–H groups in total. The molecule has 0 amide bonds. The van der Waals surface area contributed by atoms with E-state index >= 15 is 0 Å². The summed E-state index contributed by atoms with van der Waals surface area (Å²) >= 11 is 20.7. The van der Waals surface area contributed by atoms with Gasteiger partial charge in [-0.1, -0.05) is 0 Å². The number of aromatic nitrogens is 12. The Morgan fingerprint density at radius 3 is 0.402 bits per heavy atom. The van der Waals surface area contributed by atoms with Crippen LogP contribution in [0, 0.1) is 193 Å². The van der Waals surface area contributed by atoms with Crippen LogP contribution in [0.2, 0.25) is 0 Å². The molecule has 0 aliphatic rings. The molecular formula is C84H98B2Cu2N18Se6. The third-order valence-corrected chi connectivity index (χ3v) is 23.6. The summed E-state index contributed by atoms with van der Waals surface area (Å²) in [7, 11) is -2.93. The van der Waals surface area contributed by atoms with E-state index in [1.165, 1.54) is 176 Å². The fraction of sp³-hybridized carbons (Fsp3) is 0.286. The SMILES string of the molecule is CC#N.CC#N.CC#N.CC#N.CC#N.CC#N.Cc1cc(C)c(-n2cc[n+]([BH-]([n+]3ccn(-c4c(C)cc(C)cc4C)c3[Se-])[n+]3ccn(-c4c(C)cc(C)cc4C)c3[Se-])c2[Se-])c(C)c1.Cc1cc(C)c(-n2cc[n+]([BH-]([n+]3ccn(-c4c(C)cc(C)cc4C)c3[Se-])[n+]3ccn(-c4c(C)cc(C)cc4C)c3[Se-])c2[Se-])c(C)c1.[Cu+].[Cu+]. The number of rotatable bonds is 12. The quantitative estimate of drug-likeness (QED) is 0.123. The number of aryl methyl sites for hydroxylation is 18. The van der Waals surface area contributed by atoms with Crippen LogP contribution >= 0.6 is 0 Å². The molecule has 588 valence electrons. The summed E-state index contributed by atoms with van der Waals surface area (Å²) in [6.07, 6.45) is 26.4. The van der Waals surface area contributed by atoms with Gasteiger partial charge in [0.2, 0.25) is 0 Å². The van der Waals surface area contributed by atoms with Crippen molar-refractivity contribution >= 4 is 139 Å². The number of hydrogen-bond donors (Lipinski definition) is 0. The van der Waals surface area contributed by atoms with Crippen LogP contribution in [0.3, 0.4) is 0 Å². The van der Waals surface area contributed by atoms with E-state index < -0.39 is 14.2 Å². The summed E-state index contributed by atoms with van der Waals surface area (Å²) in [4.78, 5) is 0. The molecule has 6 aromatic heterocycles. The summed E-state index contributed by atoms with van der Waals surface area (Å²) in [5.41, 5.74) is 30.0. The van der Waals surface area contributed by atoms with Gasteiger partial charge in [0.05, 0.1) is 36.4 Å². The molecule has 28 heteroatoms. The minimum Gasteiger partial charge on any atom is 1.00 e. The Morgan fingerprint density at radius 2 is 0.312 bits per heavy atom. The van der Waals surface area contributed by atoms with Gasteiger partial charge in [-0.15, -0.1) is 0 Å². The summed E-state index contributed by atoms with van der Waals surface area (Å²) in [5.74, 6) is 0. The van der Waals surface area contributed by atoms with Crippen LogP contribution in [0.1, 0.15) is 142 Å². The molecule has 0 saturated carbocycles. The average Bonchev–Trinajstić information content (AvgIpc) is 1.60. The van der Waals surface area contributed by atoms with E-state index in [0.717, 1.165) is 28.3 Å². The zero-order valence-electron chi connectivity index (χ0n) is 68.4. The van der Waals surface area contributed by atoms with E-state index in [0.29, 0.717) is 0 Å². The summed E-state index contributed by atoms with van der Waals surface area (Å²) in [5, 5.41) is 43.9. The predicted octanol–water partition coefficient (Wildman–Crippen LogP) is 6.65. The van der Waals surface area contributed by atoms with Gasteiger partial charge in [-0.05, 0) is 0 Å². The van der Waals surface area contributed by atoms with Crippen LogP contribution in [-0.2, 0) is 34.1 Å². The van der Waals surface area contributed by atoms with Gasteiger partial charge < -0.3 is 0 Å². The average molecular weight is 1980 g/mol. The van der Waals surface area contributed by atoms with Gasteiger partial charge in [0.1, 0.15) is 0 Å². The van der Waals surface area contributed by atoms with Crippen molar-refractivity contribution in [2.45, 2.75) is 166 Å². The number of nitrogens with zero attached hydrogens (tertiary/aromatic N) is 18. The smallest absolute Gasteiger partial charge is 1.00 e. The molecule has 0 aliphatic heterocycles. The molecule has 12 rings (SSSR count). The first-order valence-electron chi connectivity index (χ1n) is 35.5. The number of nitriles is 6. The molecule has 0 atom stereocenters. The Morgan fingerprint density at radius 1 is 0.223 bits per heavy atom. The van der Waals surface area contributed by atoms with Crippen molar-refractivity contribution in [2.75, 3.05) is 0 Å². The zero-order valence-corrected chi connectivity index (χ0v) is 80.5. The Bertz CT molecular complexity index is 4580. The molecule has 0 radical (unpaired) electrons. The fourth-order valence-corrected chi connectivity index (χ4v) is 19.2. The van der Waals surface area contributed by atoms with Crippen molar-refractivity contribution in [3.05, 3.63) is 247 Å². The maximum Gasteiger partial charge on any atom is 1.00 e. The molecule has 0 unspecified atom stereocenters. The van der Waals surface area contributed by atoms with Crippen molar-refractivity contribution in [2.24, 2.45) is 0 Å². The number of benzene rings is 6. The van der Waals surface area contributed by atoms with Gasteiger partial charge in [-0.25, -0.2) is 0 Å². The Balaban J connectivity index is 0.000000472. The van der Waals surface area contributed by atoms with Gasteiger partial charge in [-0.2, -0.15) is 31.6 Å². The van der Waals surface area contributed by atoms with E-state index in [2.05, 4.69) is 422 Å². The van der Waals surface area contributed by atoms with E-state index in [4.69, 9.17) is 31.6 Å². The second-order valence-corrected chi connectivity index (χ2v) is 31.8. The van der Waals surface area contributed by atoms with Crippen LogP contribution in [0.25, 0.3) is 34.1 Å². The normalized spacial score (nSPS) is 9.96. The van der Waals surface area contributed by atoms with E-state index in [1.807, 2.05) is 0 Å². The topological polar surface area (TPSA) is 196 Å². The molecule has 0 fully saturated rings. The maximum atomic E-state index is 7.32. The largest absolute Gasteiger partial charge is 1.00 e. The molecule has 0 spiro atoms. The van der Waals surface area contributed by atoms with E-state index in [-0.39, 0.29) is 34.1 Å². The Labute approximate surface area is 735 Å². The maximum absolute atomic E-state index is 7.32. The summed E-state index contributed by atoms with van der Waals surface area (Å²) < 4.78 is 34.3. The van der Waals surface area contributed by atoms with Gasteiger partial charge >= 0.3 is 633 Å². The van der Waals surface area contributed by atoms with Crippen molar-refractivity contribution in [1.29, 1.82) is 31.6 Å². The van der Waals surface area contributed by atoms with Crippen molar-refractivity contribution in [1.82, 2.24) is 27.4 Å². The van der Waals surface area contributed by atoms with Gasteiger partial charge in [0.15, 0.2) is 0 Å². The minimum absolute atomic E-state index is 0. The van der Waals surface area contributed by atoms with E-state index in [1.54, 1.807) is 36.4 Å². The number of imidazole rings is 6. The van der Waals surface area contributed by atoms with Crippen molar-refractivity contribution in [3.63, 3.8) is 0 Å². The first-order valence-corrected chi connectivity index (χ1v) is 40.7. The van der Waals surface area contributed by atoms with Crippen LogP contribution < -0.4 is 55.2 Å². The minimum atomic E-state index is -1.47. The molecule has 12 aromatic rings. The molecule has 0 saturated heterocycles. The summed E-state index contributed by atoms with van der Waals surface area (Å²) in [6, 6.07) is 37.6. The molecule has 6 heterocycles. The van der Waals surface area contributed by atoms with Gasteiger partial charge in [-0.3, -0.25) is 0 Å². The van der Waals surface area contributed by atoms with Crippen molar-refractivity contribution < 1.29 is 61.0 Å². The van der Waals surface area contributed by atoms with Crippen LogP contribution in [-0.4, -0.2) is 138 Å². The molecule has 6 aromatic carbocycles. The van der Waals surface area contributed by atoms with E-state index in [9.17, 15) is 0 Å². The standard InChI is InChI=1S/2C36H41BN6Se3.6C2H3N.2Cu/c2*1-22-16-25(4)31(26(5)17-22)38-10-13-41(34(38)44)37(42-14-11-39(35(42)45)32-27(6)18-23(2)19-28(32)7)43-15-12-40(36(43)46)33-29(8)20-24(3)21-30(33)9;6*1-2-3;;/h2*10-21,37H,1-9H3,(H-2,44,45,46);6*1H3;;/q;;;;;;;;2*+1/p-2. The monoisotopic (exact) mass is 1990 g/mol. The van der Waals surface area contributed by atoms with Gasteiger partial charge in [0, 0.05) is 41.5 Å². The Hall–Kier alpha value is -8.19. The molecular weight excluding hydrogens is 1880 g/mol. The molecule has 18 nitrogen and oxygen atoms in total. The van der Waals surface area contributed by atoms with Crippen LogP contribution in [0.15, 0.2) is 147 Å². The second kappa shape index (κ2) is 45.0. The first kappa shape index (κ1) is 98.0. The zero-order chi connectivity index (χ0) is 82.6. The van der Waals surface area contributed by atoms with Gasteiger partial charge in [0.25, 0.3) is 0 Å². The summed E-state index contributed by atoms with van der Waals surface area (Å²) in [6.45, 7) is 47.9. The molecule has 0 aliphatic carbocycles. The fourth-order valence-electron chi connectivity index (χ4n) is 15.1. The van der Waals surface area contributed by atoms with Crippen molar-refractivity contribution in [3.8, 4) is 70.5 Å². The van der Waals surface area contributed by atoms with Crippen LogP contribution in [0.4, 0.5) is 0 Å². The Kier molecular flexibility index (Phi) is 39.4. The molecule has 112 heavy (non-hydrogen) atoms. The first-order chi connectivity index (χ1) is 52.0. The number of hydrogen-bond acceptors (Lipinski definition) is 6. The van der Waals surface area contributed by atoms with Crippen LogP contribution in [0.5, 0.6) is 0 Å².